The molecular weight excluding hydrogens is 278 g/mol. The number of terminal acetylenes is 1. The molecule has 3 aromatic heterocycles. The van der Waals surface area contributed by atoms with Gasteiger partial charge in [0, 0.05) is 36.1 Å². The van der Waals surface area contributed by atoms with Crippen LogP contribution in [0.2, 0.25) is 0 Å². The molecule has 0 bridgehead atoms. The number of nitrogen functional groups attached to an aromatic ring is 2. The van der Waals surface area contributed by atoms with Crippen molar-refractivity contribution in [1.82, 2.24) is 24.7 Å². The summed E-state index contributed by atoms with van der Waals surface area (Å²) in [6, 6.07) is 3.78. The first-order valence-corrected chi connectivity index (χ1v) is 6.50. The van der Waals surface area contributed by atoms with Crippen LogP contribution in [0.3, 0.4) is 0 Å². The van der Waals surface area contributed by atoms with Crippen LogP contribution in [0.5, 0.6) is 0 Å². The highest BCUT2D eigenvalue weighted by atomic mass is 15.3. The summed E-state index contributed by atoms with van der Waals surface area (Å²) in [6.45, 7) is 0. The van der Waals surface area contributed by atoms with Crippen molar-refractivity contribution in [2.45, 2.75) is 6.42 Å². The lowest BCUT2D eigenvalue weighted by Crippen LogP contribution is -2.10. The van der Waals surface area contributed by atoms with Crippen molar-refractivity contribution < 1.29 is 0 Å². The number of hydrogen-bond donors (Lipinski definition) is 2. The highest BCUT2D eigenvalue weighted by Crippen LogP contribution is 2.21. The SMILES string of the molecule is C#CCc1c(N)nc(-n2cc(-c3ccncc3)cn2)nc1N. The minimum absolute atomic E-state index is 0.265. The third-order valence-electron chi connectivity index (χ3n) is 3.14. The summed E-state index contributed by atoms with van der Waals surface area (Å²) in [6.07, 6.45) is 12.5. The molecule has 3 rings (SSSR count). The number of rotatable bonds is 3. The van der Waals surface area contributed by atoms with E-state index in [2.05, 4.69) is 26.0 Å². The van der Waals surface area contributed by atoms with Crippen LogP contribution in [-0.2, 0) is 6.42 Å². The Kier molecular flexibility index (Phi) is 3.42. The average Bonchev–Trinajstić information content (AvgIpc) is 3.01. The fourth-order valence-corrected chi connectivity index (χ4v) is 2.02. The van der Waals surface area contributed by atoms with Gasteiger partial charge >= 0.3 is 0 Å². The van der Waals surface area contributed by atoms with Crippen LogP contribution in [0.4, 0.5) is 11.6 Å². The summed E-state index contributed by atoms with van der Waals surface area (Å²) in [5, 5.41) is 4.24. The van der Waals surface area contributed by atoms with Gasteiger partial charge in [-0.05, 0) is 17.7 Å². The summed E-state index contributed by atoms with van der Waals surface area (Å²) in [5.74, 6) is 3.31. The molecule has 22 heavy (non-hydrogen) atoms. The first kappa shape index (κ1) is 13.6. The van der Waals surface area contributed by atoms with Gasteiger partial charge in [0.05, 0.1) is 6.20 Å². The van der Waals surface area contributed by atoms with E-state index in [1.54, 1.807) is 24.8 Å². The molecule has 0 aromatic carbocycles. The second kappa shape index (κ2) is 5.54. The van der Waals surface area contributed by atoms with Crippen LogP contribution >= 0.6 is 0 Å². The zero-order valence-electron chi connectivity index (χ0n) is 11.6. The topological polar surface area (TPSA) is 109 Å². The van der Waals surface area contributed by atoms with Crippen molar-refractivity contribution in [3.05, 3.63) is 42.5 Å². The lowest BCUT2D eigenvalue weighted by atomic mass is 10.1. The van der Waals surface area contributed by atoms with Gasteiger partial charge in [0.1, 0.15) is 11.6 Å². The number of nitrogens with zero attached hydrogens (tertiary/aromatic N) is 5. The van der Waals surface area contributed by atoms with Crippen molar-refractivity contribution in [3.8, 4) is 29.4 Å². The molecule has 3 heterocycles. The molecule has 0 fully saturated rings. The third-order valence-corrected chi connectivity index (χ3v) is 3.14. The fraction of sp³-hybridized carbons (Fsp3) is 0.0667. The predicted octanol–water partition coefficient (Wildman–Crippen LogP) is 1.06. The maximum Gasteiger partial charge on any atom is 0.254 e. The summed E-state index contributed by atoms with van der Waals surface area (Å²) in [4.78, 5) is 12.4. The fourth-order valence-electron chi connectivity index (χ4n) is 2.02. The van der Waals surface area contributed by atoms with Crippen LogP contribution in [-0.4, -0.2) is 24.7 Å². The van der Waals surface area contributed by atoms with Crippen molar-refractivity contribution in [2.75, 3.05) is 11.5 Å². The van der Waals surface area contributed by atoms with Gasteiger partial charge in [-0.25, -0.2) is 4.68 Å². The summed E-state index contributed by atoms with van der Waals surface area (Å²) in [7, 11) is 0. The Morgan fingerprint density at radius 2 is 1.77 bits per heavy atom. The molecule has 7 nitrogen and oxygen atoms in total. The Morgan fingerprint density at radius 1 is 1.09 bits per heavy atom. The quantitative estimate of drug-likeness (QED) is 0.698. The van der Waals surface area contributed by atoms with E-state index in [0.29, 0.717) is 17.9 Å². The summed E-state index contributed by atoms with van der Waals surface area (Å²) in [5.41, 5.74) is 14.2. The van der Waals surface area contributed by atoms with Gasteiger partial charge in [-0.1, -0.05) is 0 Å². The van der Waals surface area contributed by atoms with E-state index in [0.717, 1.165) is 11.1 Å². The van der Waals surface area contributed by atoms with Gasteiger partial charge in [0.25, 0.3) is 5.95 Å². The number of anilines is 2. The zero-order chi connectivity index (χ0) is 15.5. The molecule has 7 heteroatoms. The molecule has 0 aliphatic heterocycles. The van der Waals surface area contributed by atoms with Crippen LogP contribution in [0.15, 0.2) is 36.9 Å². The maximum absolute atomic E-state index is 5.89. The smallest absolute Gasteiger partial charge is 0.254 e. The Bertz CT molecular complexity index is 823. The zero-order valence-corrected chi connectivity index (χ0v) is 11.6. The monoisotopic (exact) mass is 291 g/mol. The van der Waals surface area contributed by atoms with E-state index < -0.39 is 0 Å². The Morgan fingerprint density at radius 3 is 2.41 bits per heavy atom. The minimum Gasteiger partial charge on any atom is -0.383 e. The van der Waals surface area contributed by atoms with Crippen molar-refractivity contribution >= 4 is 11.6 Å². The van der Waals surface area contributed by atoms with E-state index in [9.17, 15) is 0 Å². The number of hydrogen-bond acceptors (Lipinski definition) is 6. The molecular formula is C15H13N7. The second-order valence-electron chi connectivity index (χ2n) is 4.56. The van der Waals surface area contributed by atoms with Gasteiger partial charge in [0.2, 0.25) is 0 Å². The van der Waals surface area contributed by atoms with E-state index in [1.807, 2.05) is 12.1 Å². The number of nitrogens with two attached hydrogens (primary N) is 2. The van der Waals surface area contributed by atoms with E-state index in [1.165, 1.54) is 4.68 Å². The van der Waals surface area contributed by atoms with Gasteiger partial charge in [-0.3, -0.25) is 4.98 Å². The predicted molar refractivity (Wildman–Crippen MR) is 83.7 cm³/mol. The molecule has 0 spiro atoms. The van der Waals surface area contributed by atoms with Gasteiger partial charge in [-0.15, -0.1) is 12.3 Å². The first-order valence-electron chi connectivity index (χ1n) is 6.50. The summed E-state index contributed by atoms with van der Waals surface area (Å²) >= 11 is 0. The second-order valence-corrected chi connectivity index (χ2v) is 4.56. The molecule has 0 aliphatic rings. The standard InChI is InChI=1S/C15H13N7/c1-2-3-12-13(16)20-15(21-14(12)17)22-9-11(8-19-22)10-4-6-18-7-5-10/h1,4-9H,3H2,(H4,16,17,20,21). The summed E-state index contributed by atoms with van der Waals surface area (Å²) < 4.78 is 1.52. The first-order chi connectivity index (χ1) is 10.7. The molecule has 0 atom stereocenters. The molecule has 0 unspecified atom stereocenters. The van der Waals surface area contributed by atoms with Gasteiger partial charge in [-0.2, -0.15) is 15.1 Å². The van der Waals surface area contributed by atoms with Gasteiger partial charge in [0.15, 0.2) is 0 Å². The van der Waals surface area contributed by atoms with E-state index in [4.69, 9.17) is 17.9 Å². The highest BCUT2D eigenvalue weighted by Gasteiger charge is 2.12. The van der Waals surface area contributed by atoms with Crippen molar-refractivity contribution in [3.63, 3.8) is 0 Å². The number of aromatic nitrogens is 5. The third kappa shape index (κ3) is 2.45. The van der Waals surface area contributed by atoms with Crippen LogP contribution < -0.4 is 11.5 Å². The molecule has 108 valence electrons. The molecule has 4 N–H and O–H groups in total. The molecule has 0 saturated heterocycles. The maximum atomic E-state index is 5.89. The lowest BCUT2D eigenvalue weighted by molar-refractivity contribution is 0.809. The molecule has 0 amide bonds. The van der Waals surface area contributed by atoms with Gasteiger partial charge < -0.3 is 11.5 Å². The van der Waals surface area contributed by atoms with Crippen LogP contribution in [0.1, 0.15) is 5.56 Å². The normalized spacial score (nSPS) is 10.3. The Balaban J connectivity index is 1.99. The molecule has 0 radical (unpaired) electrons. The Hall–Kier alpha value is -3.40. The molecule has 3 aromatic rings. The van der Waals surface area contributed by atoms with E-state index >= 15 is 0 Å². The lowest BCUT2D eigenvalue weighted by Gasteiger charge is -2.07. The Labute approximate surface area is 127 Å². The molecule has 0 aliphatic carbocycles. The van der Waals surface area contributed by atoms with E-state index in [-0.39, 0.29) is 11.6 Å². The minimum atomic E-state index is 0.265. The van der Waals surface area contributed by atoms with Crippen LogP contribution in [0.25, 0.3) is 17.1 Å². The molecule has 0 saturated carbocycles. The highest BCUT2D eigenvalue weighted by molar-refractivity contribution is 5.61. The number of pyridine rings is 1. The van der Waals surface area contributed by atoms with Crippen molar-refractivity contribution in [1.29, 1.82) is 0 Å². The van der Waals surface area contributed by atoms with Crippen molar-refractivity contribution in [2.24, 2.45) is 0 Å². The average molecular weight is 291 g/mol. The van der Waals surface area contributed by atoms with Crippen LogP contribution in [0, 0.1) is 12.3 Å². The largest absolute Gasteiger partial charge is 0.383 e.